The topological polar surface area (TPSA) is 317 Å². The third kappa shape index (κ3) is 25.6. The number of hydrogen-bond acceptors (Lipinski definition) is 16. The molecule has 1 aliphatic heterocycles. The lowest BCUT2D eigenvalue weighted by atomic mass is 9.83. The van der Waals surface area contributed by atoms with Crippen molar-refractivity contribution in [3.8, 4) is 0 Å². The third-order valence-corrected chi connectivity index (χ3v) is 13.1. The number of phosphoric ester groups is 2. The number of fused-ring (bicyclic) bond motifs is 4. The molecule has 0 radical (unpaired) electrons. The summed E-state index contributed by atoms with van der Waals surface area (Å²) < 4.78 is 52.2. The molecule has 0 aromatic heterocycles. The fraction of sp³-hybridized carbons (Fsp3) is 0.745. The molecule has 0 aromatic carbocycles. The standard InChI is InChI=1S/C47H80O19P2/c1-3-5-7-8-9-10-11-12-13-14-15-16-17-18-24-28-41(52)64-35-32-62-40(51)27-23-20-19-22-26-36-38(49)31-39(50)37(30-29-34(48)25-21-6-4-2)43(54)46(65-67(57,58)59)47(45(56)44(55)42(36)53)66-68(60,61)63-33-35/h9-10,12-13,15-16,19,22,29-30,34-39,42-50,53-56H,3-8,11,14,17-18,20-21,23-28,31-33H2,1-2H3,(H,60,61)(H2,57,58,59)/b10-9-,13-12-,16-15-,22-19+,30-29+/t34-,35+,36-,37-,38-,39+,42+,43+,44-,45+,46+,47-/m0/s1. The highest BCUT2D eigenvalue weighted by Crippen LogP contribution is 2.49. The SMILES string of the molecule is CCCCC/C=C\C/C=C\C/C=C\CCCCC(=O)O[C@@H]1COC(=O)CCC/C=C/C[C@@H]2[C@@H](O)[C@H](O)[C@@H](O)[C@H](OP(=O)(O)OC1)[C@H](OP(=O)(O)O)[C@H](O)[C@@H](/C=C/[C@@H](O)CCCCC)[C@H](O)C[C@@H]2O. The van der Waals surface area contributed by atoms with Gasteiger partial charge in [-0.1, -0.05) is 107 Å². The summed E-state index contributed by atoms with van der Waals surface area (Å²) in [7, 11) is -11.5. The molecular formula is C47H80O19P2. The van der Waals surface area contributed by atoms with E-state index in [0.29, 0.717) is 25.7 Å². The molecular weight excluding hydrogens is 930 g/mol. The molecule has 2 bridgehead atoms. The number of carbonyl (C=O) groups excluding carboxylic acids is 2. The Balaban J connectivity index is 2.39. The Kier molecular flexibility index (Phi) is 30.9. The molecule has 1 saturated carbocycles. The van der Waals surface area contributed by atoms with E-state index in [1.807, 2.05) is 19.1 Å². The smallest absolute Gasteiger partial charge is 0.462 e. The van der Waals surface area contributed by atoms with Gasteiger partial charge in [-0.15, -0.1) is 0 Å². The van der Waals surface area contributed by atoms with Crippen LogP contribution in [0, 0.1) is 11.8 Å². The Morgan fingerprint density at radius 2 is 1.47 bits per heavy atom. The average Bonchev–Trinajstić information content (AvgIpc) is 3.28. The lowest BCUT2D eigenvalue weighted by molar-refractivity contribution is -0.165. The Morgan fingerprint density at radius 3 is 2.12 bits per heavy atom. The van der Waals surface area contributed by atoms with Gasteiger partial charge in [-0.2, -0.15) is 0 Å². The number of aliphatic hydroxyl groups is 7. The summed E-state index contributed by atoms with van der Waals surface area (Å²) in [4.78, 5) is 56.7. The van der Waals surface area contributed by atoms with Crippen LogP contribution in [-0.4, -0.2) is 137 Å². The maximum absolute atomic E-state index is 13.7. The van der Waals surface area contributed by atoms with Crippen molar-refractivity contribution in [3.05, 3.63) is 60.8 Å². The molecule has 1 unspecified atom stereocenters. The summed E-state index contributed by atoms with van der Waals surface area (Å²) in [5, 5.41) is 79.8. The van der Waals surface area contributed by atoms with Crippen LogP contribution in [0.15, 0.2) is 60.8 Å². The number of allylic oxidation sites excluding steroid dienone is 8. The summed E-state index contributed by atoms with van der Waals surface area (Å²) >= 11 is 0. The van der Waals surface area contributed by atoms with E-state index in [2.05, 4.69) is 31.2 Å². The van der Waals surface area contributed by atoms with Gasteiger partial charge in [-0.3, -0.25) is 23.2 Å². The number of hydrogen-bond donors (Lipinski definition) is 10. The molecule has 0 amide bonds. The average molecular weight is 1010 g/mol. The summed E-state index contributed by atoms with van der Waals surface area (Å²) in [5.74, 6) is -4.58. The van der Waals surface area contributed by atoms with Gasteiger partial charge in [-0.05, 0) is 70.6 Å². The van der Waals surface area contributed by atoms with E-state index in [4.69, 9.17) is 23.0 Å². The van der Waals surface area contributed by atoms with Crippen LogP contribution in [0.25, 0.3) is 0 Å². The van der Waals surface area contributed by atoms with Gasteiger partial charge in [0.05, 0.1) is 37.1 Å². The zero-order valence-electron chi connectivity index (χ0n) is 39.6. The van der Waals surface area contributed by atoms with Crippen molar-refractivity contribution in [2.75, 3.05) is 13.2 Å². The minimum Gasteiger partial charge on any atom is -0.462 e. The van der Waals surface area contributed by atoms with Crippen LogP contribution in [0.2, 0.25) is 0 Å². The van der Waals surface area contributed by atoms with Crippen LogP contribution in [0.4, 0.5) is 0 Å². The van der Waals surface area contributed by atoms with Crippen LogP contribution < -0.4 is 0 Å². The number of phosphoric acid groups is 2. The van der Waals surface area contributed by atoms with E-state index in [0.717, 1.165) is 38.2 Å². The predicted molar refractivity (Wildman–Crippen MR) is 252 cm³/mol. The van der Waals surface area contributed by atoms with Gasteiger partial charge in [0.1, 0.15) is 31.0 Å². The van der Waals surface area contributed by atoms with Gasteiger partial charge >= 0.3 is 27.6 Å². The first-order valence-corrected chi connectivity index (χ1v) is 27.1. The highest BCUT2D eigenvalue weighted by Gasteiger charge is 2.51. The Morgan fingerprint density at radius 1 is 0.838 bits per heavy atom. The van der Waals surface area contributed by atoms with Crippen molar-refractivity contribution in [2.24, 2.45) is 11.8 Å². The molecule has 10 N–H and O–H groups in total. The van der Waals surface area contributed by atoms with Crippen LogP contribution in [0.3, 0.4) is 0 Å². The first-order valence-electron chi connectivity index (χ1n) is 24.1. The highest BCUT2D eigenvalue weighted by molar-refractivity contribution is 7.47. The Hall–Kier alpha value is -2.42. The molecule has 2 aliphatic rings. The predicted octanol–water partition coefficient (Wildman–Crippen LogP) is 5.44. The maximum atomic E-state index is 13.7. The highest BCUT2D eigenvalue weighted by atomic mass is 31.2. The fourth-order valence-corrected chi connectivity index (χ4v) is 9.26. The van der Waals surface area contributed by atoms with E-state index in [1.54, 1.807) is 6.08 Å². The molecule has 1 heterocycles. The van der Waals surface area contributed by atoms with Crippen molar-refractivity contribution in [3.63, 3.8) is 0 Å². The maximum Gasteiger partial charge on any atom is 0.472 e. The molecule has 68 heavy (non-hydrogen) atoms. The Labute approximate surface area is 401 Å². The number of aliphatic hydroxyl groups excluding tert-OH is 7. The second kappa shape index (κ2) is 34.0. The van der Waals surface area contributed by atoms with Crippen LogP contribution >= 0.6 is 15.6 Å². The van der Waals surface area contributed by atoms with Crippen molar-refractivity contribution in [2.45, 2.75) is 197 Å². The number of esters is 2. The van der Waals surface area contributed by atoms with Crippen molar-refractivity contribution in [1.29, 1.82) is 0 Å². The zero-order valence-corrected chi connectivity index (χ0v) is 41.4. The van der Waals surface area contributed by atoms with E-state index >= 15 is 0 Å². The van der Waals surface area contributed by atoms with Crippen molar-refractivity contribution >= 4 is 27.6 Å². The number of rotatable bonds is 22. The summed E-state index contributed by atoms with van der Waals surface area (Å²) in [6.45, 7) is 2.49. The van der Waals surface area contributed by atoms with Gasteiger partial charge in [-0.25, -0.2) is 9.13 Å². The van der Waals surface area contributed by atoms with Crippen LogP contribution in [-0.2, 0) is 41.8 Å². The monoisotopic (exact) mass is 1010 g/mol. The minimum absolute atomic E-state index is 0.0803. The molecule has 0 saturated heterocycles. The fourth-order valence-electron chi connectivity index (χ4n) is 7.73. The quantitative estimate of drug-likeness (QED) is 0.0279. The van der Waals surface area contributed by atoms with Crippen LogP contribution in [0.5, 0.6) is 0 Å². The van der Waals surface area contributed by atoms with E-state index in [1.165, 1.54) is 31.4 Å². The lowest BCUT2D eigenvalue weighted by Gasteiger charge is -2.38. The molecule has 19 nitrogen and oxygen atoms in total. The molecule has 0 aromatic rings. The third-order valence-electron chi connectivity index (χ3n) is 11.6. The number of cyclic esters (lactones) is 1. The minimum atomic E-state index is -5.77. The molecule has 21 heteroatoms. The molecule has 1 fully saturated rings. The van der Waals surface area contributed by atoms with Gasteiger partial charge in [0.15, 0.2) is 6.10 Å². The molecule has 13 atom stereocenters. The normalized spacial score (nSPS) is 32.2. The molecule has 0 spiro atoms. The number of carbonyl (C=O) groups is 2. The molecule has 2 rings (SSSR count). The van der Waals surface area contributed by atoms with Gasteiger partial charge in [0.25, 0.3) is 0 Å². The largest absolute Gasteiger partial charge is 0.472 e. The van der Waals surface area contributed by atoms with Gasteiger partial charge < -0.3 is 59.9 Å². The van der Waals surface area contributed by atoms with E-state index < -0.39 is 120 Å². The lowest BCUT2D eigenvalue weighted by Crippen LogP contribution is -2.56. The summed E-state index contributed by atoms with van der Waals surface area (Å²) in [6.07, 6.45) is 6.85. The molecule has 1 aliphatic carbocycles. The second-order valence-electron chi connectivity index (χ2n) is 17.4. The second-order valence-corrected chi connectivity index (χ2v) is 20.0. The molecule has 392 valence electrons. The first-order chi connectivity index (χ1) is 32.3. The van der Waals surface area contributed by atoms with Crippen molar-refractivity contribution < 1.29 is 92.2 Å². The Bertz CT molecular complexity index is 1670. The number of unbranched alkanes of at least 4 members (excludes halogenated alkanes) is 7. The van der Waals surface area contributed by atoms with Gasteiger partial charge in [0.2, 0.25) is 0 Å². The number of ether oxygens (including phenoxy) is 2. The van der Waals surface area contributed by atoms with Crippen molar-refractivity contribution in [1.82, 2.24) is 0 Å². The summed E-state index contributed by atoms with van der Waals surface area (Å²) in [6, 6.07) is 0. The van der Waals surface area contributed by atoms with Crippen LogP contribution in [0.1, 0.15) is 136 Å². The van der Waals surface area contributed by atoms with E-state index in [9.17, 15) is 69.1 Å². The summed E-state index contributed by atoms with van der Waals surface area (Å²) in [5.41, 5.74) is 0. The van der Waals surface area contributed by atoms with E-state index in [-0.39, 0.29) is 38.5 Å². The van der Waals surface area contributed by atoms with Gasteiger partial charge in [0, 0.05) is 31.1 Å². The first kappa shape index (κ1) is 61.7. The zero-order chi connectivity index (χ0) is 50.5.